The fourth-order valence-corrected chi connectivity index (χ4v) is 2.80. The molecule has 1 N–H and O–H groups in total. The molecule has 28 heavy (non-hydrogen) atoms. The molecule has 3 rings (SSSR count). The van der Waals surface area contributed by atoms with Gasteiger partial charge in [0.2, 0.25) is 5.43 Å². The lowest BCUT2D eigenvalue weighted by atomic mass is 10.2. The number of hydrogen-bond donors (Lipinski definition) is 1. The van der Waals surface area contributed by atoms with Gasteiger partial charge < -0.3 is 19.1 Å². The highest BCUT2D eigenvalue weighted by molar-refractivity contribution is 5.95. The Balaban J connectivity index is 1.74. The number of hydrogen-bond acceptors (Lipinski definition) is 5. The molecular formula is C21H23N3O4. The molecule has 0 radical (unpaired) electrons. The van der Waals surface area contributed by atoms with E-state index in [1.165, 1.54) is 6.07 Å². The summed E-state index contributed by atoms with van der Waals surface area (Å²) >= 11 is 0. The van der Waals surface area contributed by atoms with Gasteiger partial charge in [0.15, 0.2) is 17.2 Å². The van der Waals surface area contributed by atoms with Crippen molar-refractivity contribution in [1.82, 2.24) is 15.0 Å². The van der Waals surface area contributed by atoms with Crippen LogP contribution in [-0.4, -0.2) is 15.6 Å². The van der Waals surface area contributed by atoms with Crippen LogP contribution in [0.1, 0.15) is 40.9 Å². The van der Waals surface area contributed by atoms with Crippen LogP contribution in [0.2, 0.25) is 0 Å². The quantitative estimate of drug-likeness (QED) is 0.648. The molecule has 0 aliphatic carbocycles. The van der Waals surface area contributed by atoms with E-state index >= 15 is 0 Å². The molecule has 2 heterocycles. The third-order valence-corrected chi connectivity index (χ3v) is 4.22. The summed E-state index contributed by atoms with van der Waals surface area (Å²) in [6.07, 6.45) is 3.33. The number of pyridine rings is 1. The molecule has 3 aromatic rings. The second-order valence-electron chi connectivity index (χ2n) is 6.46. The van der Waals surface area contributed by atoms with Crippen LogP contribution in [0.4, 0.5) is 0 Å². The lowest BCUT2D eigenvalue weighted by Gasteiger charge is -2.14. The summed E-state index contributed by atoms with van der Waals surface area (Å²) < 4.78 is 12.5. The van der Waals surface area contributed by atoms with E-state index in [1.54, 1.807) is 17.8 Å². The van der Waals surface area contributed by atoms with Crippen molar-refractivity contribution in [1.29, 1.82) is 0 Å². The molecule has 7 nitrogen and oxygen atoms in total. The predicted molar refractivity (Wildman–Crippen MR) is 104 cm³/mol. The van der Waals surface area contributed by atoms with Gasteiger partial charge >= 0.3 is 0 Å². The van der Waals surface area contributed by atoms with Gasteiger partial charge in [-0.15, -0.1) is 0 Å². The van der Waals surface area contributed by atoms with E-state index < -0.39 is 5.91 Å². The third-order valence-electron chi connectivity index (χ3n) is 4.22. The second-order valence-corrected chi connectivity index (χ2v) is 6.46. The number of ether oxygens (including phenoxy) is 1. The van der Waals surface area contributed by atoms with Crippen molar-refractivity contribution in [2.45, 2.75) is 32.9 Å². The van der Waals surface area contributed by atoms with Crippen LogP contribution in [0.15, 0.2) is 58.0 Å². The largest absolute Gasteiger partial charge is 0.483 e. The molecule has 2 aromatic heterocycles. The first-order valence-electron chi connectivity index (χ1n) is 9.17. The number of carbonyl (C=O) groups is 1. The van der Waals surface area contributed by atoms with Crippen LogP contribution in [0.25, 0.3) is 0 Å². The van der Waals surface area contributed by atoms with E-state index in [4.69, 9.17) is 9.26 Å². The summed E-state index contributed by atoms with van der Waals surface area (Å²) in [6, 6.07) is 12.7. The first-order valence-corrected chi connectivity index (χ1v) is 9.17. The maximum Gasteiger partial charge on any atom is 0.272 e. The Morgan fingerprint density at radius 2 is 2.04 bits per heavy atom. The molecule has 0 bridgehead atoms. The van der Waals surface area contributed by atoms with Gasteiger partial charge in [-0.05, 0) is 12.0 Å². The zero-order valence-corrected chi connectivity index (χ0v) is 16.0. The monoisotopic (exact) mass is 381 g/mol. The molecule has 146 valence electrons. The molecule has 0 unspecified atom stereocenters. The van der Waals surface area contributed by atoms with Gasteiger partial charge in [-0.2, -0.15) is 0 Å². The summed E-state index contributed by atoms with van der Waals surface area (Å²) in [6.45, 7) is 2.43. The molecule has 0 atom stereocenters. The van der Waals surface area contributed by atoms with Gasteiger partial charge in [-0.25, -0.2) is 0 Å². The minimum atomic E-state index is -0.420. The summed E-state index contributed by atoms with van der Waals surface area (Å²) in [5.41, 5.74) is 1.58. The molecule has 1 amide bonds. The van der Waals surface area contributed by atoms with Gasteiger partial charge in [-0.1, -0.05) is 48.8 Å². The number of amides is 1. The van der Waals surface area contributed by atoms with Crippen molar-refractivity contribution in [2.75, 3.05) is 0 Å². The smallest absolute Gasteiger partial charge is 0.272 e. The molecule has 7 heteroatoms. The number of nitrogens with zero attached hydrogens (tertiary/aromatic N) is 2. The fourth-order valence-electron chi connectivity index (χ4n) is 2.80. The van der Waals surface area contributed by atoms with Crippen LogP contribution >= 0.6 is 0 Å². The highest BCUT2D eigenvalue weighted by Crippen LogP contribution is 2.15. The van der Waals surface area contributed by atoms with Gasteiger partial charge in [0, 0.05) is 25.4 Å². The molecule has 0 aliphatic rings. The lowest BCUT2D eigenvalue weighted by Crippen LogP contribution is -2.28. The van der Waals surface area contributed by atoms with Gasteiger partial charge in [-0.3, -0.25) is 9.59 Å². The topological polar surface area (TPSA) is 86.4 Å². The molecule has 0 aliphatic heterocycles. The van der Waals surface area contributed by atoms with Gasteiger partial charge in [0.25, 0.3) is 5.91 Å². The predicted octanol–water partition coefficient (Wildman–Crippen LogP) is 2.83. The minimum absolute atomic E-state index is 0.0237. The number of nitrogens with one attached hydrogen (secondary N) is 1. The first kappa shape index (κ1) is 19.4. The molecule has 0 saturated heterocycles. The second kappa shape index (κ2) is 9.03. The molecule has 1 aromatic carbocycles. The Hall–Kier alpha value is -3.35. The number of aromatic nitrogens is 2. The standard InChI is InChI=1S/C21H23N3O4/c1-3-7-16-12-17(28-23-16)13-22-21(26)19-20(18(25)10-11-24(19)2)27-14-15-8-5-4-6-9-15/h4-6,8-12H,3,7,13-14H2,1-2H3,(H,22,26). The average molecular weight is 381 g/mol. The maximum atomic E-state index is 12.7. The molecule has 0 spiro atoms. The Morgan fingerprint density at radius 1 is 1.25 bits per heavy atom. The normalized spacial score (nSPS) is 10.6. The molecule has 0 fully saturated rings. The lowest BCUT2D eigenvalue weighted by molar-refractivity contribution is 0.0932. The van der Waals surface area contributed by atoms with Crippen LogP contribution in [-0.2, 0) is 26.6 Å². The van der Waals surface area contributed by atoms with Crippen LogP contribution in [0, 0.1) is 0 Å². The van der Waals surface area contributed by atoms with Crippen molar-refractivity contribution in [3.63, 3.8) is 0 Å². The van der Waals surface area contributed by atoms with Crippen molar-refractivity contribution in [3.05, 3.63) is 81.6 Å². The van der Waals surface area contributed by atoms with E-state index in [0.717, 1.165) is 24.1 Å². The zero-order valence-electron chi connectivity index (χ0n) is 16.0. The van der Waals surface area contributed by atoms with E-state index in [1.807, 2.05) is 36.4 Å². The highest BCUT2D eigenvalue weighted by Gasteiger charge is 2.19. The van der Waals surface area contributed by atoms with Crippen LogP contribution < -0.4 is 15.5 Å². The number of benzene rings is 1. The van der Waals surface area contributed by atoms with E-state index in [0.29, 0.717) is 5.76 Å². The zero-order chi connectivity index (χ0) is 19.9. The summed E-state index contributed by atoms with van der Waals surface area (Å²) in [4.78, 5) is 25.1. The minimum Gasteiger partial charge on any atom is -0.483 e. The average Bonchev–Trinajstić information content (AvgIpc) is 3.15. The van der Waals surface area contributed by atoms with Crippen LogP contribution in [0.3, 0.4) is 0 Å². The van der Waals surface area contributed by atoms with Crippen molar-refractivity contribution in [3.8, 4) is 5.75 Å². The SMILES string of the molecule is CCCc1cc(CNC(=O)c2c(OCc3ccccc3)c(=O)ccn2C)on1. The summed E-state index contributed by atoms with van der Waals surface area (Å²) in [5, 5.41) is 6.73. The van der Waals surface area contributed by atoms with Crippen molar-refractivity contribution in [2.24, 2.45) is 7.05 Å². The Morgan fingerprint density at radius 3 is 2.79 bits per heavy atom. The van der Waals surface area contributed by atoms with Gasteiger partial charge in [0.05, 0.1) is 12.2 Å². The first-order chi connectivity index (χ1) is 13.6. The van der Waals surface area contributed by atoms with E-state index in [9.17, 15) is 9.59 Å². The molecule has 0 saturated carbocycles. The maximum absolute atomic E-state index is 12.7. The fraction of sp³-hybridized carbons (Fsp3) is 0.286. The van der Waals surface area contributed by atoms with Crippen molar-refractivity contribution >= 4 is 5.91 Å². The summed E-state index contributed by atoms with van der Waals surface area (Å²) in [7, 11) is 1.69. The highest BCUT2D eigenvalue weighted by atomic mass is 16.5. The summed E-state index contributed by atoms with van der Waals surface area (Å²) in [5.74, 6) is 0.164. The Labute approximate surface area is 162 Å². The third kappa shape index (κ3) is 4.68. The molecular weight excluding hydrogens is 358 g/mol. The van der Waals surface area contributed by atoms with Crippen molar-refractivity contribution < 1.29 is 14.1 Å². The van der Waals surface area contributed by atoms with E-state index in [-0.39, 0.29) is 30.0 Å². The Kier molecular flexibility index (Phi) is 6.26. The Bertz CT molecular complexity index is 992. The van der Waals surface area contributed by atoms with Crippen LogP contribution in [0.5, 0.6) is 5.75 Å². The van der Waals surface area contributed by atoms with E-state index in [2.05, 4.69) is 17.4 Å². The number of aryl methyl sites for hydroxylation is 2. The number of rotatable bonds is 8. The number of carbonyl (C=O) groups excluding carboxylic acids is 1. The van der Waals surface area contributed by atoms with Gasteiger partial charge in [0.1, 0.15) is 6.61 Å².